The average Bonchev–Trinajstić information content (AvgIpc) is 3.08. The first-order valence-electron chi connectivity index (χ1n) is 8.54. The van der Waals surface area contributed by atoms with E-state index >= 15 is 0 Å². The zero-order valence-corrected chi connectivity index (χ0v) is 17.0. The van der Waals surface area contributed by atoms with Crippen LogP contribution in [0.5, 0.6) is 5.75 Å². The van der Waals surface area contributed by atoms with Crippen molar-refractivity contribution in [3.8, 4) is 5.75 Å². The number of fused-ring (bicyclic) bond motifs is 1. The van der Waals surface area contributed by atoms with E-state index in [9.17, 15) is 0 Å². The molecular weight excluding hydrogens is 429 g/mol. The molecule has 0 saturated heterocycles. The molecule has 6 heteroatoms. The summed E-state index contributed by atoms with van der Waals surface area (Å²) in [7, 11) is 0. The van der Waals surface area contributed by atoms with Crippen molar-refractivity contribution in [3.63, 3.8) is 0 Å². The van der Waals surface area contributed by atoms with Gasteiger partial charge in [-0.2, -0.15) is 0 Å². The predicted molar refractivity (Wildman–Crippen MR) is 111 cm³/mol. The van der Waals surface area contributed by atoms with Gasteiger partial charge in [-0.25, -0.2) is 0 Å². The second kappa shape index (κ2) is 9.70. The van der Waals surface area contributed by atoms with Crippen molar-refractivity contribution in [1.82, 2.24) is 10.6 Å². The van der Waals surface area contributed by atoms with Gasteiger partial charge in [0.1, 0.15) is 11.5 Å². The van der Waals surface area contributed by atoms with Crippen molar-refractivity contribution in [3.05, 3.63) is 54.0 Å². The van der Waals surface area contributed by atoms with Gasteiger partial charge in [-0.15, -0.1) is 24.0 Å². The first-order chi connectivity index (χ1) is 11.7. The van der Waals surface area contributed by atoms with Crippen molar-refractivity contribution in [2.45, 2.75) is 38.8 Å². The van der Waals surface area contributed by atoms with E-state index in [1.165, 1.54) is 5.56 Å². The van der Waals surface area contributed by atoms with E-state index in [1.54, 1.807) is 6.26 Å². The smallest absolute Gasteiger partial charge is 0.191 e. The fraction of sp³-hybridized carbons (Fsp3) is 0.421. The molecule has 5 nitrogen and oxygen atoms in total. The molecule has 0 saturated carbocycles. The maximum Gasteiger partial charge on any atom is 0.191 e. The van der Waals surface area contributed by atoms with Gasteiger partial charge in [-0.3, -0.25) is 4.99 Å². The quantitative estimate of drug-likeness (QED) is 0.408. The minimum absolute atomic E-state index is 0. The van der Waals surface area contributed by atoms with Crippen LogP contribution in [0.3, 0.4) is 0 Å². The molecule has 0 bridgehead atoms. The largest absolute Gasteiger partial charge is 0.493 e. The number of nitrogens with zero attached hydrogens (tertiary/aromatic N) is 1. The van der Waals surface area contributed by atoms with E-state index in [4.69, 9.17) is 14.1 Å². The van der Waals surface area contributed by atoms with E-state index in [0.717, 1.165) is 36.9 Å². The number of aliphatic imine (C=N–C) groups is 1. The van der Waals surface area contributed by atoms with E-state index in [2.05, 4.69) is 30.5 Å². The number of halogens is 1. The van der Waals surface area contributed by atoms with Crippen LogP contribution < -0.4 is 15.4 Å². The fourth-order valence-corrected chi connectivity index (χ4v) is 2.80. The van der Waals surface area contributed by atoms with E-state index in [0.29, 0.717) is 12.6 Å². The molecule has 0 radical (unpaired) electrons. The molecule has 1 unspecified atom stereocenters. The molecule has 2 heterocycles. The standard InChI is InChI=1S/C19H25N3O2.HI/c1-14(2)21-19(20-11-9-15-6-5-12-23-15)22-17-10-13-24-18-8-4-3-7-16(17)18;/h3-8,12,14,17H,9-11,13H2,1-2H3,(H2,20,21,22);1H. The molecule has 2 N–H and O–H groups in total. The number of nitrogens with one attached hydrogen (secondary N) is 2. The third-order valence-electron chi connectivity index (χ3n) is 3.90. The lowest BCUT2D eigenvalue weighted by Gasteiger charge is -2.28. The van der Waals surface area contributed by atoms with Crippen molar-refractivity contribution in [1.29, 1.82) is 0 Å². The maximum atomic E-state index is 5.73. The Labute approximate surface area is 166 Å². The van der Waals surface area contributed by atoms with E-state index < -0.39 is 0 Å². The minimum atomic E-state index is 0. The number of benzene rings is 1. The molecule has 0 spiro atoms. The molecule has 0 amide bonds. The third-order valence-corrected chi connectivity index (χ3v) is 3.90. The Morgan fingerprint density at radius 1 is 1.24 bits per heavy atom. The summed E-state index contributed by atoms with van der Waals surface area (Å²) in [4.78, 5) is 4.70. The SMILES string of the molecule is CC(C)NC(=NCCc1ccco1)NC1CCOc2ccccc21.I. The van der Waals surface area contributed by atoms with Gasteiger partial charge in [0.25, 0.3) is 0 Å². The Morgan fingerprint density at radius 3 is 2.84 bits per heavy atom. The van der Waals surface area contributed by atoms with Gasteiger partial charge in [-0.1, -0.05) is 18.2 Å². The number of ether oxygens (including phenoxy) is 1. The molecule has 3 rings (SSSR count). The van der Waals surface area contributed by atoms with Gasteiger partial charge < -0.3 is 19.8 Å². The maximum absolute atomic E-state index is 5.73. The topological polar surface area (TPSA) is 58.8 Å². The van der Waals surface area contributed by atoms with Crippen molar-refractivity contribution in [2.75, 3.05) is 13.2 Å². The second-order valence-corrected chi connectivity index (χ2v) is 6.23. The Balaban J connectivity index is 0.00000225. The number of para-hydroxylation sites is 1. The number of furan rings is 1. The molecule has 25 heavy (non-hydrogen) atoms. The van der Waals surface area contributed by atoms with E-state index in [-0.39, 0.29) is 30.0 Å². The summed E-state index contributed by atoms with van der Waals surface area (Å²) in [5, 5.41) is 6.96. The summed E-state index contributed by atoms with van der Waals surface area (Å²) in [5.74, 6) is 2.75. The highest BCUT2D eigenvalue weighted by Crippen LogP contribution is 2.31. The molecule has 2 aromatic rings. The van der Waals surface area contributed by atoms with Crippen LogP contribution in [-0.4, -0.2) is 25.2 Å². The van der Waals surface area contributed by atoms with Crippen LogP contribution in [-0.2, 0) is 6.42 Å². The second-order valence-electron chi connectivity index (χ2n) is 6.23. The van der Waals surface area contributed by atoms with Crippen LogP contribution >= 0.6 is 24.0 Å². The first-order valence-corrected chi connectivity index (χ1v) is 8.54. The lowest BCUT2D eigenvalue weighted by molar-refractivity contribution is 0.261. The normalized spacial score (nSPS) is 16.6. The van der Waals surface area contributed by atoms with Gasteiger partial charge in [0.15, 0.2) is 5.96 Å². The third kappa shape index (κ3) is 5.66. The zero-order chi connectivity index (χ0) is 16.8. The summed E-state index contributed by atoms with van der Waals surface area (Å²) < 4.78 is 11.1. The highest BCUT2D eigenvalue weighted by Gasteiger charge is 2.22. The predicted octanol–water partition coefficient (Wildman–Crippen LogP) is 3.91. The Hall–Kier alpha value is -1.70. The molecule has 1 aromatic heterocycles. The van der Waals surface area contributed by atoms with Crippen molar-refractivity contribution >= 4 is 29.9 Å². The molecule has 1 aliphatic heterocycles. The summed E-state index contributed by atoms with van der Waals surface area (Å²) in [5.41, 5.74) is 1.19. The lowest BCUT2D eigenvalue weighted by Crippen LogP contribution is -2.44. The van der Waals surface area contributed by atoms with Crippen LogP contribution in [0.25, 0.3) is 0 Å². The monoisotopic (exact) mass is 455 g/mol. The van der Waals surface area contributed by atoms with Crippen molar-refractivity contribution in [2.24, 2.45) is 4.99 Å². The molecule has 1 aromatic carbocycles. The lowest BCUT2D eigenvalue weighted by atomic mass is 10.0. The zero-order valence-electron chi connectivity index (χ0n) is 14.7. The summed E-state index contributed by atoms with van der Waals surface area (Å²) in [6.45, 7) is 5.62. The van der Waals surface area contributed by atoms with Crippen LogP contribution in [0.2, 0.25) is 0 Å². The highest BCUT2D eigenvalue weighted by atomic mass is 127. The van der Waals surface area contributed by atoms with Gasteiger partial charge >= 0.3 is 0 Å². The first kappa shape index (κ1) is 19.6. The van der Waals surface area contributed by atoms with Crippen molar-refractivity contribution < 1.29 is 9.15 Å². The fourth-order valence-electron chi connectivity index (χ4n) is 2.80. The van der Waals surface area contributed by atoms with Crippen LogP contribution in [0.15, 0.2) is 52.1 Å². The number of hydrogen-bond acceptors (Lipinski definition) is 3. The van der Waals surface area contributed by atoms with Gasteiger partial charge in [0.2, 0.25) is 0 Å². The van der Waals surface area contributed by atoms with Gasteiger partial charge in [0.05, 0.1) is 18.9 Å². The molecule has 136 valence electrons. The minimum Gasteiger partial charge on any atom is -0.493 e. The van der Waals surface area contributed by atoms with Gasteiger partial charge in [-0.05, 0) is 32.0 Å². The van der Waals surface area contributed by atoms with Crippen LogP contribution in [0.4, 0.5) is 0 Å². The Bertz CT molecular complexity index is 671. The number of hydrogen-bond donors (Lipinski definition) is 2. The summed E-state index contributed by atoms with van der Waals surface area (Å²) in [6, 6.07) is 12.6. The number of guanidine groups is 1. The highest BCUT2D eigenvalue weighted by molar-refractivity contribution is 14.0. The molecule has 1 atom stereocenters. The van der Waals surface area contributed by atoms with E-state index in [1.807, 2.05) is 30.3 Å². The summed E-state index contributed by atoms with van der Waals surface area (Å²) >= 11 is 0. The van der Waals surface area contributed by atoms with Gasteiger partial charge in [0, 0.05) is 31.0 Å². The van der Waals surface area contributed by atoms with Crippen LogP contribution in [0.1, 0.15) is 37.6 Å². The Kier molecular flexibility index (Phi) is 7.61. The number of rotatable bonds is 5. The molecule has 0 fully saturated rings. The summed E-state index contributed by atoms with van der Waals surface area (Å²) in [6.07, 6.45) is 3.42. The Morgan fingerprint density at radius 2 is 2.08 bits per heavy atom. The molecule has 1 aliphatic rings. The average molecular weight is 455 g/mol. The van der Waals surface area contributed by atoms with Crippen LogP contribution in [0, 0.1) is 0 Å². The molecule has 0 aliphatic carbocycles. The molecular formula is C19H26IN3O2.